The first-order valence-electron chi connectivity index (χ1n) is 9.69. The van der Waals surface area contributed by atoms with Crippen LogP contribution in [0.4, 0.5) is 11.4 Å². The number of benzene rings is 1. The predicted octanol–water partition coefficient (Wildman–Crippen LogP) is 3.94. The van der Waals surface area contributed by atoms with Gasteiger partial charge in [0.25, 0.3) is 5.69 Å². The molecule has 1 aromatic heterocycles. The van der Waals surface area contributed by atoms with Crippen molar-refractivity contribution in [1.29, 1.82) is 0 Å². The summed E-state index contributed by atoms with van der Waals surface area (Å²) >= 11 is 0. The average molecular weight is 423 g/mol. The Morgan fingerprint density at radius 2 is 1.86 bits per heavy atom. The number of aryl methyl sites for hydroxylation is 2. The number of anilines is 1. The summed E-state index contributed by atoms with van der Waals surface area (Å²) in [5.74, 6) is 0.630. The number of aromatic nitrogens is 1. The van der Waals surface area contributed by atoms with Crippen LogP contribution in [0.3, 0.4) is 0 Å². The van der Waals surface area contributed by atoms with Gasteiger partial charge in [0.05, 0.1) is 21.6 Å². The summed E-state index contributed by atoms with van der Waals surface area (Å²) in [5.41, 5.74) is 1.49. The van der Waals surface area contributed by atoms with Gasteiger partial charge in [-0.3, -0.25) is 10.1 Å². The van der Waals surface area contributed by atoms with Gasteiger partial charge in [-0.05, 0) is 45.7 Å². The Labute approximate surface area is 170 Å². The Morgan fingerprint density at radius 3 is 2.41 bits per heavy atom. The zero-order valence-corrected chi connectivity index (χ0v) is 17.7. The van der Waals surface area contributed by atoms with Crippen molar-refractivity contribution < 1.29 is 17.9 Å². The van der Waals surface area contributed by atoms with E-state index in [2.05, 4.69) is 10.5 Å². The number of nitro benzene ring substituents is 1. The van der Waals surface area contributed by atoms with E-state index in [1.165, 1.54) is 16.4 Å². The molecule has 0 bridgehead atoms. The van der Waals surface area contributed by atoms with Crippen molar-refractivity contribution in [3.8, 4) is 0 Å². The summed E-state index contributed by atoms with van der Waals surface area (Å²) in [5, 5.41) is 18.7. The summed E-state index contributed by atoms with van der Waals surface area (Å²) in [7, 11) is -3.77. The number of nitrogens with zero attached hydrogens (tertiary/aromatic N) is 3. The minimum Gasteiger partial charge on any atom is -0.373 e. The Bertz CT molecular complexity index is 975. The SMILES string of the molecule is Cc1noc(C)c1C(C)Nc1ccc(S(=O)(=O)N2CCCCCC2)cc1[N+](=O)[O-]. The minimum absolute atomic E-state index is 0.0540. The van der Waals surface area contributed by atoms with Gasteiger partial charge in [-0.2, -0.15) is 4.31 Å². The molecule has 0 amide bonds. The first-order valence-corrected chi connectivity index (χ1v) is 11.1. The molecular formula is C19H26N4O5S. The van der Waals surface area contributed by atoms with Gasteiger partial charge in [0.15, 0.2) is 0 Å². The average Bonchev–Trinajstić information content (AvgIpc) is 2.87. The quantitative estimate of drug-likeness (QED) is 0.553. The van der Waals surface area contributed by atoms with Crippen molar-refractivity contribution in [2.75, 3.05) is 18.4 Å². The number of hydrogen-bond donors (Lipinski definition) is 1. The second kappa shape index (κ2) is 8.50. The lowest BCUT2D eigenvalue weighted by molar-refractivity contribution is -0.384. The maximum atomic E-state index is 13.0. The summed E-state index contributed by atoms with van der Waals surface area (Å²) in [6.07, 6.45) is 3.59. The first-order chi connectivity index (χ1) is 13.7. The van der Waals surface area contributed by atoms with Gasteiger partial charge in [-0.1, -0.05) is 18.0 Å². The van der Waals surface area contributed by atoms with Gasteiger partial charge in [0.2, 0.25) is 10.0 Å². The third-order valence-electron chi connectivity index (χ3n) is 5.26. The van der Waals surface area contributed by atoms with E-state index in [1.54, 1.807) is 13.8 Å². The summed E-state index contributed by atoms with van der Waals surface area (Å²) in [6.45, 7) is 6.31. The topological polar surface area (TPSA) is 119 Å². The zero-order valence-electron chi connectivity index (χ0n) is 16.8. The van der Waals surface area contributed by atoms with E-state index >= 15 is 0 Å². The van der Waals surface area contributed by atoms with E-state index in [0.717, 1.165) is 37.3 Å². The summed E-state index contributed by atoms with van der Waals surface area (Å²) < 4.78 is 32.6. The third-order valence-corrected chi connectivity index (χ3v) is 7.16. The van der Waals surface area contributed by atoms with Gasteiger partial charge in [0, 0.05) is 24.7 Å². The van der Waals surface area contributed by atoms with Gasteiger partial charge < -0.3 is 9.84 Å². The van der Waals surface area contributed by atoms with Crippen LogP contribution in [-0.2, 0) is 10.0 Å². The fourth-order valence-electron chi connectivity index (χ4n) is 3.79. The highest BCUT2D eigenvalue weighted by molar-refractivity contribution is 7.89. The van der Waals surface area contributed by atoms with Crippen molar-refractivity contribution in [3.05, 3.63) is 45.3 Å². The molecular weight excluding hydrogens is 396 g/mol. The molecule has 0 spiro atoms. The molecule has 158 valence electrons. The van der Waals surface area contributed by atoms with Gasteiger partial charge in [0.1, 0.15) is 11.4 Å². The van der Waals surface area contributed by atoms with Crippen LogP contribution in [0, 0.1) is 24.0 Å². The normalized spacial score (nSPS) is 16.9. The number of rotatable bonds is 6. The van der Waals surface area contributed by atoms with Crippen LogP contribution >= 0.6 is 0 Å². The van der Waals surface area contributed by atoms with Gasteiger partial charge in [-0.25, -0.2) is 8.42 Å². The van der Waals surface area contributed by atoms with Crippen LogP contribution < -0.4 is 5.32 Å². The standard InChI is InChI=1S/C19H26N4O5S/c1-13(19-14(2)21-28-15(19)3)20-17-9-8-16(12-18(17)23(24)25)29(26,27)22-10-6-4-5-7-11-22/h8-9,12-13,20H,4-7,10-11H2,1-3H3. The summed E-state index contributed by atoms with van der Waals surface area (Å²) in [4.78, 5) is 11.0. The molecule has 1 atom stereocenters. The molecule has 3 rings (SSSR count). The molecule has 1 N–H and O–H groups in total. The number of nitrogens with one attached hydrogen (secondary N) is 1. The smallest absolute Gasteiger partial charge is 0.293 e. The van der Waals surface area contributed by atoms with Crippen LogP contribution in [0.5, 0.6) is 0 Å². The van der Waals surface area contributed by atoms with E-state index in [0.29, 0.717) is 24.5 Å². The van der Waals surface area contributed by atoms with E-state index in [-0.39, 0.29) is 22.3 Å². The minimum atomic E-state index is -3.77. The van der Waals surface area contributed by atoms with Crippen molar-refractivity contribution in [2.45, 2.75) is 57.4 Å². The highest BCUT2D eigenvalue weighted by Gasteiger charge is 2.28. The molecule has 0 saturated carbocycles. The molecule has 0 radical (unpaired) electrons. The first kappa shape index (κ1) is 21.3. The predicted molar refractivity (Wildman–Crippen MR) is 108 cm³/mol. The lowest BCUT2D eigenvalue weighted by Crippen LogP contribution is -2.32. The van der Waals surface area contributed by atoms with Crippen LogP contribution in [0.25, 0.3) is 0 Å². The number of hydrogen-bond acceptors (Lipinski definition) is 7. The van der Waals surface area contributed by atoms with E-state index < -0.39 is 14.9 Å². The van der Waals surface area contributed by atoms with Gasteiger partial charge >= 0.3 is 0 Å². The van der Waals surface area contributed by atoms with E-state index in [9.17, 15) is 18.5 Å². The van der Waals surface area contributed by atoms with Crippen LogP contribution in [0.2, 0.25) is 0 Å². The second-order valence-electron chi connectivity index (χ2n) is 7.36. The Balaban J connectivity index is 1.92. The zero-order chi connectivity index (χ0) is 21.2. The molecule has 1 aliphatic rings. The Hall–Kier alpha value is -2.46. The van der Waals surface area contributed by atoms with Crippen molar-refractivity contribution >= 4 is 21.4 Å². The monoisotopic (exact) mass is 422 g/mol. The molecule has 1 fully saturated rings. The highest BCUT2D eigenvalue weighted by Crippen LogP contribution is 2.33. The Kier molecular flexibility index (Phi) is 6.23. The molecule has 9 nitrogen and oxygen atoms in total. The highest BCUT2D eigenvalue weighted by atomic mass is 32.2. The molecule has 0 aliphatic carbocycles. The largest absolute Gasteiger partial charge is 0.373 e. The molecule has 2 aromatic rings. The Morgan fingerprint density at radius 1 is 1.21 bits per heavy atom. The van der Waals surface area contributed by atoms with Crippen molar-refractivity contribution in [1.82, 2.24) is 9.46 Å². The fraction of sp³-hybridized carbons (Fsp3) is 0.526. The fourth-order valence-corrected chi connectivity index (χ4v) is 5.33. The molecule has 1 aromatic carbocycles. The number of nitro groups is 1. The lowest BCUT2D eigenvalue weighted by Gasteiger charge is -2.20. The van der Waals surface area contributed by atoms with Crippen LogP contribution in [0.15, 0.2) is 27.6 Å². The molecule has 29 heavy (non-hydrogen) atoms. The summed E-state index contributed by atoms with van der Waals surface area (Å²) in [6, 6.07) is 3.73. The van der Waals surface area contributed by atoms with E-state index in [4.69, 9.17) is 4.52 Å². The molecule has 1 saturated heterocycles. The second-order valence-corrected chi connectivity index (χ2v) is 9.30. The molecule has 10 heteroatoms. The van der Waals surface area contributed by atoms with Crippen LogP contribution in [-0.4, -0.2) is 35.9 Å². The lowest BCUT2D eigenvalue weighted by atomic mass is 10.1. The van der Waals surface area contributed by atoms with Crippen molar-refractivity contribution in [3.63, 3.8) is 0 Å². The number of sulfonamides is 1. The van der Waals surface area contributed by atoms with Crippen LogP contribution in [0.1, 0.15) is 55.7 Å². The van der Waals surface area contributed by atoms with Gasteiger partial charge in [-0.15, -0.1) is 0 Å². The van der Waals surface area contributed by atoms with Crippen molar-refractivity contribution in [2.24, 2.45) is 0 Å². The third kappa shape index (κ3) is 4.43. The molecule has 2 heterocycles. The maximum Gasteiger partial charge on any atom is 0.293 e. The molecule has 1 unspecified atom stereocenters. The maximum absolute atomic E-state index is 13.0. The van der Waals surface area contributed by atoms with E-state index in [1.807, 2.05) is 6.92 Å². The molecule has 1 aliphatic heterocycles.